The zero-order chi connectivity index (χ0) is 22.8. The van der Waals surface area contributed by atoms with Crippen molar-refractivity contribution in [3.63, 3.8) is 0 Å². The Labute approximate surface area is 188 Å². The first-order chi connectivity index (χ1) is 16.1. The van der Waals surface area contributed by atoms with Crippen molar-refractivity contribution < 1.29 is 14.3 Å². The summed E-state index contributed by atoms with van der Waals surface area (Å²) in [6.45, 7) is 0.867. The molecule has 4 heterocycles. The van der Waals surface area contributed by atoms with E-state index in [0.29, 0.717) is 37.0 Å². The second-order valence-electron chi connectivity index (χ2n) is 7.79. The molecule has 0 atom stereocenters. The fraction of sp³-hybridized carbons (Fsp3) is 0.333. The van der Waals surface area contributed by atoms with Crippen LogP contribution in [0.15, 0.2) is 36.1 Å². The fourth-order valence-electron chi connectivity index (χ4n) is 3.43. The average Bonchev–Trinajstić information content (AvgIpc) is 3.43. The van der Waals surface area contributed by atoms with Crippen molar-refractivity contribution in [2.45, 2.75) is 25.2 Å². The van der Waals surface area contributed by atoms with Crippen LogP contribution in [0.4, 0.5) is 17.2 Å². The van der Waals surface area contributed by atoms with Gasteiger partial charge in [0.2, 0.25) is 0 Å². The molecule has 2 fully saturated rings. The van der Waals surface area contributed by atoms with Crippen LogP contribution in [0.2, 0.25) is 0 Å². The first-order valence-corrected chi connectivity index (χ1v) is 10.5. The Morgan fingerprint density at radius 3 is 2.73 bits per heavy atom. The molecule has 0 aromatic carbocycles. The number of nitrogens with one attached hydrogen (secondary N) is 2. The number of rotatable bonds is 6. The summed E-state index contributed by atoms with van der Waals surface area (Å²) in [6, 6.07) is 0. The number of nitrogens with zero attached hydrogens (tertiary/aromatic N) is 7. The summed E-state index contributed by atoms with van der Waals surface area (Å²) in [5.41, 5.74) is 2.49. The summed E-state index contributed by atoms with van der Waals surface area (Å²) in [6.07, 6.45) is 10.2. The minimum atomic E-state index is -0.525. The van der Waals surface area contributed by atoms with Crippen molar-refractivity contribution >= 4 is 34.7 Å². The number of hydrogen-bond acceptors (Lipinski definition) is 9. The maximum atomic E-state index is 13.3. The minimum absolute atomic E-state index is 0.0982. The molecule has 3 aromatic heterocycles. The Kier molecular flexibility index (Phi) is 5.57. The Morgan fingerprint density at radius 2 is 2.00 bits per heavy atom. The summed E-state index contributed by atoms with van der Waals surface area (Å²) in [4.78, 5) is 47.1. The lowest BCUT2D eigenvalue weighted by Gasteiger charge is -2.12. The van der Waals surface area contributed by atoms with E-state index in [1.54, 1.807) is 25.6 Å². The lowest BCUT2D eigenvalue weighted by atomic mass is 10.2. The van der Waals surface area contributed by atoms with Gasteiger partial charge in [-0.25, -0.2) is 24.9 Å². The smallest absolute Gasteiger partial charge is 0.297 e. The van der Waals surface area contributed by atoms with Gasteiger partial charge in [0, 0.05) is 19.4 Å². The number of aliphatic imine (C=N–C) groups is 1. The van der Waals surface area contributed by atoms with Crippen molar-refractivity contribution in [2.24, 2.45) is 12.0 Å². The fourth-order valence-corrected chi connectivity index (χ4v) is 3.43. The van der Waals surface area contributed by atoms with E-state index < -0.39 is 11.8 Å². The molecule has 5 rings (SSSR count). The Hall–Kier alpha value is -4.06. The van der Waals surface area contributed by atoms with E-state index in [9.17, 15) is 9.59 Å². The monoisotopic (exact) mass is 447 g/mol. The van der Waals surface area contributed by atoms with Crippen LogP contribution >= 0.6 is 0 Å². The van der Waals surface area contributed by atoms with Gasteiger partial charge >= 0.3 is 0 Å². The van der Waals surface area contributed by atoms with E-state index in [-0.39, 0.29) is 22.9 Å². The summed E-state index contributed by atoms with van der Waals surface area (Å²) in [5, 5.41) is 9.90. The highest BCUT2D eigenvalue weighted by molar-refractivity contribution is 6.11. The highest BCUT2D eigenvalue weighted by atomic mass is 16.5. The van der Waals surface area contributed by atoms with E-state index in [1.807, 2.05) is 0 Å². The van der Waals surface area contributed by atoms with Crippen LogP contribution in [-0.4, -0.2) is 60.5 Å². The predicted molar refractivity (Wildman–Crippen MR) is 118 cm³/mol. The molecule has 0 radical (unpaired) electrons. The van der Waals surface area contributed by atoms with Gasteiger partial charge in [-0.2, -0.15) is 5.10 Å². The van der Waals surface area contributed by atoms with Gasteiger partial charge in [-0.3, -0.25) is 14.3 Å². The topological polar surface area (TPSA) is 149 Å². The number of carbonyl (C=O) groups is 2. The molecule has 0 unspecified atom stereocenters. The van der Waals surface area contributed by atoms with E-state index in [2.05, 4.69) is 40.7 Å². The molecule has 12 nitrogen and oxygen atoms in total. The molecule has 12 heteroatoms. The molecular weight excluding hydrogens is 426 g/mol. The molecule has 1 saturated carbocycles. The standard InChI is InChI=1S/C21H21N9O3/c1-30-18(21(32)27-13-4-5-33-10-13)16(9-25-30)29-20(31)17-19(26-14-6-22-11-23-7-14)24-8-15(28-17)12-2-3-12/h6-9,11-12H,2-5,10H2,1H3,(H,24,26)(H,29,31). The van der Waals surface area contributed by atoms with Gasteiger partial charge < -0.3 is 15.4 Å². The van der Waals surface area contributed by atoms with Crippen molar-refractivity contribution in [3.8, 4) is 0 Å². The molecule has 1 saturated heterocycles. The number of amides is 2. The Morgan fingerprint density at radius 1 is 1.18 bits per heavy atom. The van der Waals surface area contributed by atoms with Gasteiger partial charge in [0.15, 0.2) is 17.2 Å². The molecule has 3 aromatic rings. The Balaban J connectivity index is 1.43. The van der Waals surface area contributed by atoms with Gasteiger partial charge in [-0.15, -0.1) is 0 Å². The molecule has 2 aliphatic rings. The zero-order valence-corrected chi connectivity index (χ0v) is 17.9. The SMILES string of the molecule is Cn1ncc(NC(=O)c2nc(C3CC3)cnc2Nc2cncnc2)c1C(=O)N=C1CCOC1. The first kappa shape index (κ1) is 20.8. The van der Waals surface area contributed by atoms with Crippen LogP contribution in [0.3, 0.4) is 0 Å². The van der Waals surface area contributed by atoms with Crippen LogP contribution in [-0.2, 0) is 11.8 Å². The maximum absolute atomic E-state index is 13.3. The lowest BCUT2D eigenvalue weighted by molar-refractivity contribution is 0.0994. The number of ether oxygens (including phenoxy) is 1. The highest BCUT2D eigenvalue weighted by Crippen LogP contribution is 2.39. The summed E-state index contributed by atoms with van der Waals surface area (Å²) in [7, 11) is 1.62. The zero-order valence-electron chi connectivity index (χ0n) is 17.9. The third kappa shape index (κ3) is 4.60. The summed E-state index contributed by atoms with van der Waals surface area (Å²) < 4.78 is 6.63. The van der Waals surface area contributed by atoms with E-state index in [1.165, 1.54) is 17.2 Å². The number of hydrogen-bond donors (Lipinski definition) is 2. The van der Waals surface area contributed by atoms with Gasteiger partial charge in [-0.05, 0) is 12.8 Å². The second-order valence-corrected chi connectivity index (χ2v) is 7.79. The molecule has 0 bridgehead atoms. The van der Waals surface area contributed by atoms with Crippen molar-refractivity contribution in [1.82, 2.24) is 29.7 Å². The molecule has 168 valence electrons. The molecule has 1 aliphatic heterocycles. The van der Waals surface area contributed by atoms with Crippen molar-refractivity contribution in [3.05, 3.63) is 48.2 Å². The van der Waals surface area contributed by atoms with Crippen LogP contribution in [0.5, 0.6) is 0 Å². The molecular formula is C21H21N9O3. The van der Waals surface area contributed by atoms with Crippen molar-refractivity contribution in [2.75, 3.05) is 23.8 Å². The lowest BCUT2D eigenvalue weighted by Crippen LogP contribution is -2.19. The molecule has 33 heavy (non-hydrogen) atoms. The van der Waals surface area contributed by atoms with E-state index >= 15 is 0 Å². The molecule has 1 aliphatic carbocycles. The largest absolute Gasteiger partial charge is 0.375 e. The summed E-state index contributed by atoms with van der Waals surface area (Å²) in [5.74, 6) is -0.461. The van der Waals surface area contributed by atoms with E-state index in [4.69, 9.17) is 4.74 Å². The van der Waals surface area contributed by atoms with Crippen LogP contribution < -0.4 is 10.6 Å². The second kappa shape index (κ2) is 8.82. The van der Waals surface area contributed by atoms with E-state index in [0.717, 1.165) is 18.5 Å². The number of anilines is 3. The first-order valence-electron chi connectivity index (χ1n) is 10.5. The van der Waals surface area contributed by atoms with Gasteiger partial charge in [0.1, 0.15) is 6.33 Å². The average molecular weight is 447 g/mol. The van der Waals surface area contributed by atoms with Crippen LogP contribution in [0, 0.1) is 0 Å². The quantitative estimate of drug-likeness (QED) is 0.577. The number of aromatic nitrogens is 6. The summed E-state index contributed by atoms with van der Waals surface area (Å²) >= 11 is 0. The minimum Gasteiger partial charge on any atom is -0.375 e. The van der Waals surface area contributed by atoms with Gasteiger partial charge in [0.05, 0.1) is 60.8 Å². The molecule has 2 N–H and O–H groups in total. The van der Waals surface area contributed by atoms with Crippen LogP contribution in [0.1, 0.15) is 51.9 Å². The normalized spacial score (nSPS) is 16.7. The molecule has 2 amide bonds. The highest BCUT2D eigenvalue weighted by Gasteiger charge is 2.28. The number of aryl methyl sites for hydroxylation is 1. The molecule has 0 spiro atoms. The van der Waals surface area contributed by atoms with Crippen molar-refractivity contribution in [1.29, 1.82) is 0 Å². The third-order valence-corrected chi connectivity index (χ3v) is 5.28. The Bertz CT molecular complexity index is 1230. The third-order valence-electron chi connectivity index (χ3n) is 5.28. The maximum Gasteiger partial charge on any atom is 0.297 e. The van der Waals surface area contributed by atoms with Crippen LogP contribution in [0.25, 0.3) is 0 Å². The number of carbonyl (C=O) groups excluding carboxylic acids is 2. The van der Waals surface area contributed by atoms with Gasteiger partial charge in [0.25, 0.3) is 11.8 Å². The van der Waals surface area contributed by atoms with Gasteiger partial charge in [-0.1, -0.05) is 0 Å². The predicted octanol–water partition coefficient (Wildman–Crippen LogP) is 1.87.